The number of carbonyl (C=O) groups is 2. The Kier molecular flexibility index (Phi) is 3.82. The fraction of sp³-hybridized carbons (Fsp3) is 0.100. The molecule has 1 aliphatic rings. The maximum absolute atomic E-state index is 12.4. The molecule has 3 aromatic rings. The van der Waals surface area contributed by atoms with Gasteiger partial charge in [0.1, 0.15) is 12.3 Å². The lowest BCUT2D eigenvalue weighted by molar-refractivity contribution is -0.123. The molecule has 0 bridgehead atoms. The second-order valence-electron chi connectivity index (χ2n) is 5.85. The van der Waals surface area contributed by atoms with Crippen LogP contribution in [0.2, 0.25) is 0 Å². The van der Waals surface area contributed by atoms with E-state index in [0.717, 1.165) is 10.8 Å². The molecule has 0 aliphatic carbocycles. The Balaban J connectivity index is 1.52. The summed E-state index contributed by atoms with van der Waals surface area (Å²) in [7, 11) is 0. The van der Waals surface area contributed by atoms with E-state index in [1.54, 1.807) is 12.1 Å². The van der Waals surface area contributed by atoms with Gasteiger partial charge in [-0.05, 0) is 35.0 Å². The average Bonchev–Trinajstić information content (AvgIpc) is 2.64. The lowest BCUT2D eigenvalue weighted by Crippen LogP contribution is -2.43. The molecule has 0 aromatic heterocycles. The van der Waals surface area contributed by atoms with Gasteiger partial charge in [0.25, 0.3) is 5.91 Å². The van der Waals surface area contributed by atoms with Crippen LogP contribution in [0.3, 0.4) is 0 Å². The summed E-state index contributed by atoms with van der Waals surface area (Å²) in [6.07, 6.45) is 0. The molecule has 0 spiro atoms. The van der Waals surface area contributed by atoms with Crippen LogP contribution in [-0.4, -0.2) is 25.0 Å². The molecule has 0 radical (unpaired) electrons. The van der Waals surface area contributed by atoms with Crippen LogP contribution in [-0.2, 0) is 9.59 Å². The van der Waals surface area contributed by atoms with Crippen LogP contribution in [0.15, 0.2) is 66.7 Å². The fourth-order valence-corrected chi connectivity index (χ4v) is 2.94. The Morgan fingerprint density at radius 1 is 1.00 bits per heavy atom. The normalized spacial score (nSPS) is 13.3. The number of nitrogens with one attached hydrogen (secondary N) is 1. The van der Waals surface area contributed by atoms with Crippen molar-refractivity contribution in [3.05, 3.63) is 66.7 Å². The van der Waals surface area contributed by atoms with Gasteiger partial charge in [-0.1, -0.05) is 42.5 Å². The fourth-order valence-electron chi connectivity index (χ4n) is 2.94. The maximum Gasteiger partial charge on any atom is 0.265 e. The molecule has 0 saturated carbocycles. The first-order valence-electron chi connectivity index (χ1n) is 8.01. The molecule has 3 aromatic carbocycles. The molecule has 2 amide bonds. The molecule has 1 N–H and O–H groups in total. The molecular weight excluding hydrogens is 316 g/mol. The first-order chi connectivity index (χ1) is 12.2. The number of hydrogen-bond acceptors (Lipinski definition) is 3. The number of hydrogen-bond donors (Lipinski definition) is 1. The highest BCUT2D eigenvalue weighted by Crippen LogP contribution is 2.31. The van der Waals surface area contributed by atoms with E-state index in [1.165, 1.54) is 4.90 Å². The minimum atomic E-state index is -0.250. The average molecular weight is 332 g/mol. The van der Waals surface area contributed by atoms with Gasteiger partial charge < -0.3 is 10.1 Å². The first-order valence-corrected chi connectivity index (χ1v) is 8.01. The van der Waals surface area contributed by atoms with Crippen molar-refractivity contribution in [2.24, 2.45) is 0 Å². The van der Waals surface area contributed by atoms with Crippen LogP contribution in [0.4, 0.5) is 11.4 Å². The van der Waals surface area contributed by atoms with Crippen molar-refractivity contribution < 1.29 is 14.3 Å². The molecule has 0 fully saturated rings. The molecule has 124 valence electrons. The predicted octanol–water partition coefficient (Wildman–Crippen LogP) is 3.20. The van der Waals surface area contributed by atoms with Gasteiger partial charge in [-0.3, -0.25) is 14.5 Å². The van der Waals surface area contributed by atoms with Gasteiger partial charge in [0.15, 0.2) is 6.61 Å². The predicted molar refractivity (Wildman–Crippen MR) is 96.9 cm³/mol. The van der Waals surface area contributed by atoms with Crippen molar-refractivity contribution in [2.45, 2.75) is 0 Å². The second kappa shape index (κ2) is 6.28. The number of fused-ring (bicyclic) bond motifs is 2. The van der Waals surface area contributed by atoms with Crippen molar-refractivity contribution in [1.82, 2.24) is 0 Å². The van der Waals surface area contributed by atoms with Gasteiger partial charge in [0, 0.05) is 5.69 Å². The van der Waals surface area contributed by atoms with Crippen molar-refractivity contribution in [3.63, 3.8) is 0 Å². The monoisotopic (exact) mass is 332 g/mol. The summed E-state index contributed by atoms with van der Waals surface area (Å²) in [5.41, 5.74) is 1.32. The van der Waals surface area contributed by atoms with Crippen LogP contribution < -0.4 is 15.0 Å². The summed E-state index contributed by atoms with van der Waals surface area (Å²) >= 11 is 0. The van der Waals surface area contributed by atoms with Crippen LogP contribution in [0.1, 0.15) is 0 Å². The molecule has 0 saturated heterocycles. The van der Waals surface area contributed by atoms with Crippen LogP contribution in [0, 0.1) is 0 Å². The van der Waals surface area contributed by atoms with Gasteiger partial charge in [-0.2, -0.15) is 0 Å². The summed E-state index contributed by atoms with van der Waals surface area (Å²) in [5, 5.41) is 5.02. The van der Waals surface area contributed by atoms with Crippen molar-refractivity contribution >= 4 is 34.0 Å². The summed E-state index contributed by atoms with van der Waals surface area (Å²) in [5.74, 6) is 0.133. The molecule has 5 nitrogen and oxygen atoms in total. The topological polar surface area (TPSA) is 58.6 Å². The molecule has 1 heterocycles. The summed E-state index contributed by atoms with van der Waals surface area (Å²) < 4.78 is 5.39. The van der Waals surface area contributed by atoms with Crippen molar-refractivity contribution in [1.29, 1.82) is 0 Å². The zero-order valence-electron chi connectivity index (χ0n) is 13.4. The van der Waals surface area contributed by atoms with Gasteiger partial charge in [-0.25, -0.2) is 0 Å². The molecule has 5 heteroatoms. The first kappa shape index (κ1) is 15.2. The lowest BCUT2D eigenvalue weighted by Gasteiger charge is -2.28. The van der Waals surface area contributed by atoms with E-state index in [9.17, 15) is 9.59 Å². The smallest absolute Gasteiger partial charge is 0.265 e. The molecule has 4 rings (SSSR count). The second-order valence-corrected chi connectivity index (χ2v) is 5.85. The third-order valence-corrected chi connectivity index (χ3v) is 4.14. The Hall–Kier alpha value is -3.34. The van der Waals surface area contributed by atoms with E-state index in [0.29, 0.717) is 17.1 Å². The van der Waals surface area contributed by atoms with Gasteiger partial charge >= 0.3 is 0 Å². The maximum atomic E-state index is 12.4. The van der Waals surface area contributed by atoms with E-state index in [2.05, 4.69) is 5.32 Å². The number of carbonyl (C=O) groups excluding carboxylic acids is 2. The zero-order chi connectivity index (χ0) is 17.2. The van der Waals surface area contributed by atoms with Crippen LogP contribution >= 0.6 is 0 Å². The Morgan fingerprint density at radius 2 is 1.76 bits per heavy atom. The molecule has 1 aliphatic heterocycles. The Bertz CT molecular complexity index is 968. The van der Waals surface area contributed by atoms with E-state index in [1.807, 2.05) is 54.6 Å². The van der Waals surface area contributed by atoms with E-state index in [4.69, 9.17) is 4.74 Å². The van der Waals surface area contributed by atoms with Crippen molar-refractivity contribution in [2.75, 3.05) is 23.4 Å². The highest BCUT2D eigenvalue weighted by Gasteiger charge is 2.26. The Labute approximate surface area is 144 Å². The van der Waals surface area contributed by atoms with Gasteiger partial charge in [0.05, 0.1) is 5.69 Å². The number of ether oxygens (including phenoxy) is 1. The van der Waals surface area contributed by atoms with Crippen LogP contribution in [0.5, 0.6) is 5.75 Å². The highest BCUT2D eigenvalue weighted by atomic mass is 16.5. The summed E-state index contributed by atoms with van der Waals surface area (Å²) in [6.45, 7) is -0.105. The molecule has 0 atom stereocenters. The highest BCUT2D eigenvalue weighted by molar-refractivity contribution is 6.05. The lowest BCUT2D eigenvalue weighted by atomic mass is 10.1. The van der Waals surface area contributed by atoms with Gasteiger partial charge in [0.2, 0.25) is 5.91 Å². The van der Waals surface area contributed by atoms with E-state index in [-0.39, 0.29) is 25.0 Å². The number of para-hydroxylation sites is 2. The Morgan fingerprint density at radius 3 is 2.64 bits per heavy atom. The third kappa shape index (κ3) is 3.04. The van der Waals surface area contributed by atoms with Crippen molar-refractivity contribution in [3.8, 4) is 5.75 Å². The van der Waals surface area contributed by atoms with E-state index >= 15 is 0 Å². The molecule has 0 unspecified atom stereocenters. The number of anilines is 2. The van der Waals surface area contributed by atoms with Crippen LogP contribution in [0.25, 0.3) is 10.8 Å². The quantitative estimate of drug-likeness (QED) is 0.801. The van der Waals surface area contributed by atoms with Gasteiger partial charge in [-0.15, -0.1) is 0 Å². The zero-order valence-corrected chi connectivity index (χ0v) is 13.4. The SMILES string of the molecule is O=C(CN1C(=O)COc2ccccc21)Nc1ccc2ccccc2c1. The third-order valence-electron chi connectivity index (χ3n) is 4.14. The molecule has 25 heavy (non-hydrogen) atoms. The largest absolute Gasteiger partial charge is 0.482 e. The standard InChI is InChI=1S/C20H16N2O3/c23-19(21-16-10-9-14-5-1-2-6-15(14)11-16)12-22-17-7-3-4-8-18(17)25-13-20(22)24/h1-11H,12-13H2,(H,21,23). The number of nitrogens with zero attached hydrogens (tertiary/aromatic N) is 1. The number of amides is 2. The molecular formula is C20H16N2O3. The minimum Gasteiger partial charge on any atom is -0.482 e. The number of rotatable bonds is 3. The minimum absolute atomic E-state index is 0.0496. The summed E-state index contributed by atoms with van der Waals surface area (Å²) in [4.78, 5) is 26.0. The summed E-state index contributed by atoms with van der Waals surface area (Å²) in [6, 6.07) is 20.9. The van der Waals surface area contributed by atoms with E-state index < -0.39 is 0 Å². The number of benzene rings is 3.